The Morgan fingerprint density at radius 2 is 2.12 bits per heavy atom. The highest BCUT2D eigenvalue weighted by molar-refractivity contribution is 5.92. The van der Waals surface area contributed by atoms with Gasteiger partial charge in [-0.2, -0.15) is 0 Å². The quantitative estimate of drug-likeness (QED) is 0.661. The Kier molecular flexibility index (Phi) is 5.13. The number of benzene rings is 1. The molecular weight excluding hydrogens is 319 g/mol. The maximum Gasteiger partial charge on any atom is 0.230 e. The van der Waals surface area contributed by atoms with Crippen molar-refractivity contribution in [3.63, 3.8) is 0 Å². The molecule has 134 valence electrons. The standard InChI is InChI=1S/C18H25FN6/c1-11-15-8-7-12(19)9-16(15)23-18(21-11)24-17(20)22-13-5-4-6-14(10-13)25(2)3/h7-9,13-14H,4-6,10H2,1-3H3,(H3,20,21,22,23,24). The Morgan fingerprint density at radius 3 is 2.88 bits per heavy atom. The minimum Gasteiger partial charge on any atom is -0.370 e. The summed E-state index contributed by atoms with van der Waals surface area (Å²) < 4.78 is 13.4. The van der Waals surface area contributed by atoms with Crippen molar-refractivity contribution in [3.8, 4) is 0 Å². The smallest absolute Gasteiger partial charge is 0.230 e. The van der Waals surface area contributed by atoms with E-state index in [1.807, 2.05) is 6.92 Å². The normalized spacial score (nSPS) is 21.7. The zero-order valence-corrected chi connectivity index (χ0v) is 15.0. The summed E-state index contributed by atoms with van der Waals surface area (Å²) in [5, 5.41) is 3.78. The van der Waals surface area contributed by atoms with Crippen LogP contribution in [0.2, 0.25) is 0 Å². The van der Waals surface area contributed by atoms with Crippen molar-refractivity contribution in [1.82, 2.24) is 14.9 Å². The average Bonchev–Trinajstić information content (AvgIpc) is 2.54. The van der Waals surface area contributed by atoms with E-state index in [0.29, 0.717) is 23.5 Å². The largest absolute Gasteiger partial charge is 0.370 e. The molecule has 3 N–H and O–H groups in total. The molecule has 1 heterocycles. The van der Waals surface area contributed by atoms with E-state index in [-0.39, 0.29) is 11.9 Å². The van der Waals surface area contributed by atoms with Crippen molar-refractivity contribution < 1.29 is 4.39 Å². The monoisotopic (exact) mass is 344 g/mol. The molecule has 1 aromatic heterocycles. The molecule has 0 radical (unpaired) electrons. The Balaban J connectivity index is 1.76. The minimum atomic E-state index is -0.324. The Morgan fingerprint density at radius 1 is 1.32 bits per heavy atom. The summed E-state index contributed by atoms with van der Waals surface area (Å²) >= 11 is 0. The number of fused-ring (bicyclic) bond motifs is 1. The number of halogens is 1. The highest BCUT2D eigenvalue weighted by Gasteiger charge is 2.23. The summed E-state index contributed by atoms with van der Waals surface area (Å²) in [4.78, 5) is 15.6. The molecule has 6 nitrogen and oxygen atoms in total. The summed E-state index contributed by atoms with van der Waals surface area (Å²) in [7, 11) is 4.20. The first-order valence-corrected chi connectivity index (χ1v) is 8.63. The second-order valence-corrected chi connectivity index (χ2v) is 6.87. The van der Waals surface area contributed by atoms with Crippen LogP contribution in [0.4, 0.5) is 10.3 Å². The van der Waals surface area contributed by atoms with Crippen LogP contribution in [0.15, 0.2) is 23.2 Å². The fourth-order valence-electron chi connectivity index (χ4n) is 3.39. The molecule has 1 aromatic carbocycles. The molecule has 2 atom stereocenters. The number of aromatic nitrogens is 2. The number of aryl methyl sites for hydroxylation is 1. The highest BCUT2D eigenvalue weighted by Crippen LogP contribution is 2.24. The van der Waals surface area contributed by atoms with Crippen LogP contribution in [0, 0.1) is 12.7 Å². The van der Waals surface area contributed by atoms with E-state index < -0.39 is 0 Å². The molecule has 0 bridgehead atoms. The van der Waals surface area contributed by atoms with Gasteiger partial charge in [-0.3, -0.25) is 5.32 Å². The van der Waals surface area contributed by atoms with Gasteiger partial charge in [0.1, 0.15) is 5.82 Å². The van der Waals surface area contributed by atoms with Gasteiger partial charge in [0.05, 0.1) is 17.3 Å². The molecule has 25 heavy (non-hydrogen) atoms. The van der Waals surface area contributed by atoms with Gasteiger partial charge in [0.2, 0.25) is 5.95 Å². The van der Waals surface area contributed by atoms with Gasteiger partial charge in [0.25, 0.3) is 0 Å². The molecule has 7 heteroatoms. The van der Waals surface area contributed by atoms with Crippen LogP contribution in [-0.4, -0.2) is 47.0 Å². The third-order valence-corrected chi connectivity index (χ3v) is 4.76. The van der Waals surface area contributed by atoms with Gasteiger partial charge < -0.3 is 10.6 Å². The topological polar surface area (TPSA) is 79.4 Å². The molecule has 0 aliphatic heterocycles. The van der Waals surface area contributed by atoms with Crippen molar-refractivity contribution in [3.05, 3.63) is 29.7 Å². The summed E-state index contributed by atoms with van der Waals surface area (Å²) in [6.07, 6.45) is 4.38. The molecule has 1 aliphatic carbocycles. The van der Waals surface area contributed by atoms with Gasteiger partial charge in [-0.25, -0.2) is 19.4 Å². The van der Waals surface area contributed by atoms with Crippen molar-refractivity contribution in [1.29, 1.82) is 0 Å². The number of nitrogens with zero attached hydrogens (tertiary/aromatic N) is 4. The van der Waals surface area contributed by atoms with Crippen molar-refractivity contribution in [2.45, 2.75) is 44.7 Å². The number of hydrogen-bond donors (Lipinski definition) is 2. The SMILES string of the molecule is Cc1nc(NC(N)=NC2CCCC(N(C)C)C2)nc2cc(F)ccc12. The van der Waals surface area contributed by atoms with Crippen LogP contribution in [0.5, 0.6) is 0 Å². The predicted octanol–water partition coefficient (Wildman–Crippen LogP) is 2.68. The van der Waals surface area contributed by atoms with Gasteiger partial charge in [-0.15, -0.1) is 0 Å². The van der Waals surface area contributed by atoms with E-state index in [1.54, 1.807) is 6.07 Å². The molecule has 1 fully saturated rings. The van der Waals surface area contributed by atoms with Gasteiger partial charge >= 0.3 is 0 Å². The average molecular weight is 344 g/mol. The second kappa shape index (κ2) is 7.31. The summed E-state index contributed by atoms with van der Waals surface area (Å²) in [5.74, 6) is 0.325. The number of guanidine groups is 1. The lowest BCUT2D eigenvalue weighted by molar-refractivity contribution is 0.214. The van der Waals surface area contributed by atoms with Crippen LogP contribution in [0.3, 0.4) is 0 Å². The van der Waals surface area contributed by atoms with Gasteiger partial charge in [-0.05, 0) is 58.8 Å². The Labute approximate surface area is 147 Å². The van der Waals surface area contributed by atoms with Crippen LogP contribution in [0.1, 0.15) is 31.4 Å². The fourth-order valence-corrected chi connectivity index (χ4v) is 3.39. The Bertz CT molecular complexity index is 788. The number of anilines is 1. The second-order valence-electron chi connectivity index (χ2n) is 6.87. The number of nitrogens with two attached hydrogens (primary N) is 1. The molecule has 0 saturated heterocycles. The highest BCUT2D eigenvalue weighted by atomic mass is 19.1. The van der Waals surface area contributed by atoms with Crippen molar-refractivity contribution in [2.75, 3.05) is 19.4 Å². The van der Waals surface area contributed by atoms with Crippen molar-refractivity contribution >= 4 is 22.8 Å². The molecule has 1 aliphatic rings. The first-order valence-electron chi connectivity index (χ1n) is 8.63. The maximum atomic E-state index is 13.4. The van der Waals surface area contributed by atoms with E-state index in [0.717, 1.165) is 30.3 Å². The lowest BCUT2D eigenvalue weighted by atomic mass is 9.91. The molecule has 0 amide bonds. The van der Waals surface area contributed by atoms with Crippen LogP contribution in [0.25, 0.3) is 10.9 Å². The number of nitrogens with one attached hydrogen (secondary N) is 1. The van der Waals surface area contributed by atoms with Crippen molar-refractivity contribution in [2.24, 2.45) is 10.7 Å². The number of rotatable bonds is 3. The van der Waals surface area contributed by atoms with E-state index in [2.05, 4.69) is 39.3 Å². The zero-order valence-electron chi connectivity index (χ0n) is 15.0. The van der Waals surface area contributed by atoms with Gasteiger partial charge in [0, 0.05) is 17.5 Å². The first-order chi connectivity index (χ1) is 11.9. The fraction of sp³-hybridized carbons (Fsp3) is 0.500. The molecule has 1 saturated carbocycles. The van der Waals surface area contributed by atoms with Crippen LogP contribution >= 0.6 is 0 Å². The van der Waals surface area contributed by atoms with E-state index >= 15 is 0 Å². The lowest BCUT2D eigenvalue weighted by Crippen LogP contribution is -2.36. The molecular formula is C18H25FN6. The maximum absolute atomic E-state index is 13.4. The number of hydrogen-bond acceptors (Lipinski definition) is 4. The van der Waals surface area contributed by atoms with Gasteiger partial charge in [0.15, 0.2) is 5.96 Å². The van der Waals surface area contributed by atoms with Crippen LogP contribution in [-0.2, 0) is 0 Å². The third-order valence-electron chi connectivity index (χ3n) is 4.76. The molecule has 2 aromatic rings. The first kappa shape index (κ1) is 17.5. The van der Waals surface area contributed by atoms with Crippen LogP contribution < -0.4 is 11.1 Å². The Hall–Kier alpha value is -2.28. The third kappa shape index (κ3) is 4.22. The lowest BCUT2D eigenvalue weighted by Gasteiger charge is -2.31. The van der Waals surface area contributed by atoms with Gasteiger partial charge in [-0.1, -0.05) is 0 Å². The molecule has 3 rings (SSSR count). The zero-order chi connectivity index (χ0) is 18.0. The minimum absolute atomic E-state index is 0.202. The predicted molar refractivity (Wildman–Crippen MR) is 99.2 cm³/mol. The summed E-state index contributed by atoms with van der Waals surface area (Å²) in [6, 6.07) is 5.23. The summed E-state index contributed by atoms with van der Waals surface area (Å²) in [6.45, 7) is 1.86. The van der Waals surface area contributed by atoms with E-state index in [1.165, 1.54) is 18.6 Å². The number of aliphatic imine (C=N–C) groups is 1. The van der Waals surface area contributed by atoms with E-state index in [9.17, 15) is 4.39 Å². The molecule has 2 unspecified atom stereocenters. The van der Waals surface area contributed by atoms with E-state index in [4.69, 9.17) is 5.73 Å². The summed E-state index contributed by atoms with van der Waals surface area (Å²) in [5.41, 5.74) is 7.37. The molecule has 0 spiro atoms.